The summed E-state index contributed by atoms with van der Waals surface area (Å²) >= 11 is 0. The van der Waals surface area contributed by atoms with E-state index < -0.39 is 0 Å². The van der Waals surface area contributed by atoms with Crippen LogP contribution in [0, 0.1) is 0 Å². The minimum atomic E-state index is 0.671. The summed E-state index contributed by atoms with van der Waals surface area (Å²) in [7, 11) is 0. The Bertz CT molecular complexity index is 201. The van der Waals surface area contributed by atoms with Gasteiger partial charge in [-0.05, 0) is 6.72 Å². The number of rotatable bonds is 2. The molecule has 0 aromatic carbocycles. The van der Waals surface area contributed by atoms with Crippen molar-refractivity contribution in [1.29, 1.82) is 0 Å². The Morgan fingerprint density at radius 3 is 3.00 bits per heavy atom. The summed E-state index contributed by atoms with van der Waals surface area (Å²) in [6.07, 6.45) is 3.32. The molecule has 1 N–H and O–H groups in total. The van der Waals surface area contributed by atoms with Crippen LogP contribution in [0.1, 0.15) is 5.56 Å². The van der Waals surface area contributed by atoms with Gasteiger partial charge in [0, 0.05) is 5.56 Å². The number of hydrogen-bond donors (Lipinski definition) is 1. The van der Waals surface area contributed by atoms with Gasteiger partial charge in [-0.25, -0.2) is 4.99 Å². The van der Waals surface area contributed by atoms with E-state index in [1.54, 1.807) is 12.3 Å². The zero-order valence-corrected chi connectivity index (χ0v) is 4.96. The first kappa shape index (κ1) is 5.75. The van der Waals surface area contributed by atoms with Gasteiger partial charge < -0.3 is 0 Å². The first-order valence-electron chi connectivity index (χ1n) is 2.51. The van der Waals surface area contributed by atoms with Crippen LogP contribution in [0.25, 0.3) is 6.08 Å². The molecule has 0 fully saturated rings. The highest BCUT2D eigenvalue weighted by atomic mass is 15.2. The van der Waals surface area contributed by atoms with Gasteiger partial charge in [-0.2, -0.15) is 5.10 Å². The monoisotopic (exact) mass is 121 g/mol. The van der Waals surface area contributed by atoms with Crippen LogP contribution in [0.5, 0.6) is 0 Å². The van der Waals surface area contributed by atoms with E-state index in [1.807, 2.05) is 0 Å². The second-order valence-corrected chi connectivity index (χ2v) is 1.54. The molecule has 0 spiro atoms. The van der Waals surface area contributed by atoms with Crippen LogP contribution < -0.4 is 0 Å². The van der Waals surface area contributed by atoms with Crippen molar-refractivity contribution >= 4 is 18.6 Å². The predicted molar refractivity (Wildman–Crippen MR) is 37.9 cm³/mol. The Labute approximate surface area is 53.1 Å². The molecule has 0 aliphatic heterocycles. The summed E-state index contributed by atoms with van der Waals surface area (Å²) in [4.78, 5) is 3.66. The summed E-state index contributed by atoms with van der Waals surface area (Å²) in [6, 6.07) is 0. The SMILES string of the molecule is C=Cc1cn[nH]c1N=C. The van der Waals surface area contributed by atoms with Crippen molar-refractivity contribution in [2.75, 3.05) is 0 Å². The normalized spacial score (nSPS) is 8.89. The van der Waals surface area contributed by atoms with Gasteiger partial charge >= 0.3 is 0 Å². The molecule has 1 rings (SSSR count). The fourth-order valence-electron chi connectivity index (χ4n) is 0.565. The van der Waals surface area contributed by atoms with E-state index >= 15 is 0 Å². The van der Waals surface area contributed by atoms with Crippen LogP contribution in [0.2, 0.25) is 0 Å². The third-order valence-corrected chi connectivity index (χ3v) is 1.03. The third kappa shape index (κ3) is 0.887. The van der Waals surface area contributed by atoms with Crippen LogP contribution in [0.15, 0.2) is 17.8 Å². The predicted octanol–water partition coefficient (Wildman–Crippen LogP) is 1.38. The minimum Gasteiger partial charge on any atom is -0.261 e. The maximum Gasteiger partial charge on any atom is 0.154 e. The first-order chi connectivity index (χ1) is 4.38. The number of H-pyrrole nitrogens is 1. The molecule has 46 valence electrons. The molecule has 9 heavy (non-hydrogen) atoms. The zero-order valence-electron chi connectivity index (χ0n) is 4.96. The lowest BCUT2D eigenvalue weighted by atomic mass is 10.3. The summed E-state index contributed by atoms with van der Waals surface area (Å²) in [5.41, 5.74) is 0.880. The zero-order chi connectivity index (χ0) is 6.69. The number of aromatic nitrogens is 2. The smallest absolute Gasteiger partial charge is 0.154 e. The maximum absolute atomic E-state index is 3.73. The second-order valence-electron chi connectivity index (χ2n) is 1.54. The van der Waals surface area contributed by atoms with Gasteiger partial charge in [0.15, 0.2) is 5.82 Å². The molecule has 0 aliphatic rings. The standard InChI is InChI=1S/C6H7N3/c1-3-5-4-8-9-6(5)7-2/h3-4H,1-2H2,(H,8,9). The fraction of sp³-hybridized carbons (Fsp3) is 0. The average Bonchev–Trinajstić information content (AvgIpc) is 2.33. The highest BCUT2D eigenvalue weighted by Crippen LogP contribution is 2.13. The molecule has 0 saturated carbocycles. The van der Waals surface area contributed by atoms with Crippen LogP contribution in [0.3, 0.4) is 0 Å². The highest BCUT2D eigenvalue weighted by molar-refractivity contribution is 5.59. The summed E-state index contributed by atoms with van der Waals surface area (Å²) in [5.74, 6) is 0.671. The molecule has 1 aromatic rings. The number of nitrogens with one attached hydrogen (secondary N) is 1. The summed E-state index contributed by atoms with van der Waals surface area (Å²) < 4.78 is 0. The quantitative estimate of drug-likeness (QED) is 0.590. The van der Waals surface area contributed by atoms with Gasteiger partial charge in [0.25, 0.3) is 0 Å². The van der Waals surface area contributed by atoms with E-state index in [0.29, 0.717) is 5.82 Å². The Morgan fingerprint density at radius 1 is 1.78 bits per heavy atom. The van der Waals surface area contributed by atoms with E-state index in [9.17, 15) is 0 Å². The lowest BCUT2D eigenvalue weighted by molar-refractivity contribution is 1.08. The van der Waals surface area contributed by atoms with E-state index in [1.165, 1.54) is 0 Å². The molecule has 0 atom stereocenters. The van der Waals surface area contributed by atoms with Crippen LogP contribution in [0.4, 0.5) is 5.82 Å². The molecule has 3 heteroatoms. The Hall–Kier alpha value is -1.38. The van der Waals surface area contributed by atoms with Crippen molar-refractivity contribution in [3.8, 4) is 0 Å². The summed E-state index contributed by atoms with van der Waals surface area (Å²) in [6.45, 7) is 6.91. The largest absolute Gasteiger partial charge is 0.261 e. The Balaban J connectivity index is 3.12. The van der Waals surface area contributed by atoms with Gasteiger partial charge in [-0.1, -0.05) is 12.7 Å². The number of hydrogen-bond acceptors (Lipinski definition) is 2. The van der Waals surface area contributed by atoms with Crippen molar-refractivity contribution in [1.82, 2.24) is 10.2 Å². The lowest BCUT2D eigenvalue weighted by Gasteiger charge is -1.83. The van der Waals surface area contributed by atoms with Crippen LogP contribution in [-0.4, -0.2) is 16.9 Å². The van der Waals surface area contributed by atoms with Crippen molar-refractivity contribution in [2.24, 2.45) is 4.99 Å². The van der Waals surface area contributed by atoms with Crippen molar-refractivity contribution in [2.45, 2.75) is 0 Å². The first-order valence-corrected chi connectivity index (χ1v) is 2.51. The van der Waals surface area contributed by atoms with Crippen LogP contribution >= 0.6 is 0 Å². The van der Waals surface area contributed by atoms with E-state index in [-0.39, 0.29) is 0 Å². The molecule has 1 aromatic heterocycles. The number of nitrogens with zero attached hydrogens (tertiary/aromatic N) is 2. The van der Waals surface area contributed by atoms with E-state index in [0.717, 1.165) is 5.56 Å². The molecular formula is C6H7N3. The van der Waals surface area contributed by atoms with Crippen molar-refractivity contribution in [3.63, 3.8) is 0 Å². The van der Waals surface area contributed by atoms with Gasteiger partial charge in [0.05, 0.1) is 6.20 Å². The van der Waals surface area contributed by atoms with Gasteiger partial charge in [0.1, 0.15) is 0 Å². The van der Waals surface area contributed by atoms with Crippen molar-refractivity contribution in [3.05, 3.63) is 18.3 Å². The van der Waals surface area contributed by atoms with E-state index in [2.05, 4.69) is 28.5 Å². The summed E-state index contributed by atoms with van der Waals surface area (Å²) in [5, 5.41) is 6.39. The highest BCUT2D eigenvalue weighted by Gasteiger charge is 1.94. The number of aromatic amines is 1. The molecule has 0 bridgehead atoms. The fourth-order valence-corrected chi connectivity index (χ4v) is 0.565. The molecule has 0 amide bonds. The minimum absolute atomic E-state index is 0.671. The van der Waals surface area contributed by atoms with Crippen molar-refractivity contribution < 1.29 is 0 Å². The molecule has 0 saturated heterocycles. The van der Waals surface area contributed by atoms with Gasteiger partial charge in [-0.3, -0.25) is 5.10 Å². The second kappa shape index (κ2) is 2.26. The maximum atomic E-state index is 3.73. The topological polar surface area (TPSA) is 41.0 Å². The number of aliphatic imine (C=N–C) groups is 1. The molecule has 0 aliphatic carbocycles. The molecule has 3 nitrogen and oxygen atoms in total. The van der Waals surface area contributed by atoms with Gasteiger partial charge in [0.2, 0.25) is 0 Å². The van der Waals surface area contributed by atoms with Crippen LogP contribution in [-0.2, 0) is 0 Å². The molecule has 0 radical (unpaired) electrons. The van der Waals surface area contributed by atoms with Gasteiger partial charge in [-0.15, -0.1) is 0 Å². The molecule has 0 unspecified atom stereocenters. The molecule has 1 heterocycles. The average molecular weight is 121 g/mol. The lowest BCUT2D eigenvalue weighted by Crippen LogP contribution is -1.64. The Morgan fingerprint density at radius 2 is 2.56 bits per heavy atom. The molecular weight excluding hydrogens is 114 g/mol. The van der Waals surface area contributed by atoms with E-state index in [4.69, 9.17) is 0 Å². The Kier molecular flexibility index (Phi) is 1.44. The third-order valence-electron chi connectivity index (χ3n) is 1.03.